The van der Waals surface area contributed by atoms with Crippen molar-refractivity contribution in [1.82, 2.24) is 9.78 Å². The topological polar surface area (TPSA) is 53.1 Å². The Kier molecular flexibility index (Phi) is 3.82. The van der Waals surface area contributed by atoms with E-state index in [1.807, 2.05) is 54.2 Å². The van der Waals surface area contributed by atoms with Gasteiger partial charge in [0, 0.05) is 29.6 Å². The number of ether oxygens (including phenoxy) is 1. The van der Waals surface area contributed by atoms with E-state index in [4.69, 9.17) is 22.1 Å². The number of aryl methyl sites for hydroxylation is 1. The number of hydrogen-bond donors (Lipinski definition) is 1. The molecule has 21 heavy (non-hydrogen) atoms. The van der Waals surface area contributed by atoms with E-state index in [2.05, 4.69) is 5.10 Å². The van der Waals surface area contributed by atoms with Gasteiger partial charge in [-0.3, -0.25) is 4.68 Å². The number of rotatable bonds is 4. The number of nitrogens with zero attached hydrogens (tertiary/aromatic N) is 2. The molecule has 0 bridgehead atoms. The van der Waals surface area contributed by atoms with Gasteiger partial charge in [-0.05, 0) is 18.2 Å². The molecule has 3 rings (SSSR count). The van der Waals surface area contributed by atoms with Crippen LogP contribution < -0.4 is 10.5 Å². The van der Waals surface area contributed by atoms with Crippen LogP contribution in [0.4, 0.5) is 0 Å². The van der Waals surface area contributed by atoms with Crippen LogP contribution in [0.1, 0.15) is 11.3 Å². The van der Waals surface area contributed by atoms with Crippen LogP contribution in [0.25, 0.3) is 10.9 Å². The Morgan fingerprint density at radius 3 is 2.81 bits per heavy atom. The van der Waals surface area contributed by atoms with Crippen molar-refractivity contribution in [3.05, 3.63) is 58.7 Å². The first-order valence-electron chi connectivity index (χ1n) is 6.71. The van der Waals surface area contributed by atoms with Gasteiger partial charge in [-0.2, -0.15) is 5.10 Å². The summed E-state index contributed by atoms with van der Waals surface area (Å²) in [6, 6.07) is 13.6. The maximum Gasteiger partial charge on any atom is 0.133 e. The highest BCUT2D eigenvalue weighted by Gasteiger charge is 2.11. The molecule has 0 saturated carbocycles. The third kappa shape index (κ3) is 2.60. The average molecular weight is 302 g/mol. The molecule has 0 spiro atoms. The number of halogens is 1. The van der Waals surface area contributed by atoms with Gasteiger partial charge in [0.05, 0.1) is 5.52 Å². The summed E-state index contributed by atoms with van der Waals surface area (Å²) in [6.45, 7) is 0.729. The molecule has 4 nitrogen and oxygen atoms in total. The minimum absolute atomic E-state index is 0.345. The fourth-order valence-electron chi connectivity index (χ4n) is 2.41. The van der Waals surface area contributed by atoms with Crippen molar-refractivity contribution in [1.29, 1.82) is 0 Å². The minimum Gasteiger partial charge on any atom is -0.487 e. The normalized spacial score (nSPS) is 11.0. The zero-order chi connectivity index (χ0) is 14.8. The Morgan fingerprint density at radius 1 is 1.19 bits per heavy atom. The predicted molar refractivity (Wildman–Crippen MR) is 84.4 cm³/mol. The van der Waals surface area contributed by atoms with Crippen LogP contribution in [0.3, 0.4) is 0 Å². The smallest absolute Gasteiger partial charge is 0.133 e. The van der Waals surface area contributed by atoms with Crippen molar-refractivity contribution in [2.75, 3.05) is 0 Å². The molecule has 0 atom stereocenters. The van der Waals surface area contributed by atoms with Crippen molar-refractivity contribution < 1.29 is 4.74 Å². The van der Waals surface area contributed by atoms with Crippen molar-refractivity contribution in [3.8, 4) is 5.75 Å². The van der Waals surface area contributed by atoms with Gasteiger partial charge in [0.25, 0.3) is 0 Å². The van der Waals surface area contributed by atoms with E-state index < -0.39 is 0 Å². The predicted octanol–water partition coefficient (Wildman–Crippen LogP) is 3.26. The molecule has 3 aromatic rings. The summed E-state index contributed by atoms with van der Waals surface area (Å²) in [7, 11) is 1.93. The highest BCUT2D eigenvalue weighted by atomic mass is 35.5. The Balaban J connectivity index is 1.89. The lowest BCUT2D eigenvalue weighted by Gasteiger charge is -2.10. The zero-order valence-corrected chi connectivity index (χ0v) is 12.5. The first-order valence-corrected chi connectivity index (χ1v) is 7.09. The average Bonchev–Trinajstić information content (AvgIpc) is 2.82. The third-order valence-corrected chi connectivity index (χ3v) is 3.83. The summed E-state index contributed by atoms with van der Waals surface area (Å²) in [5.41, 5.74) is 8.53. The quantitative estimate of drug-likeness (QED) is 0.804. The Bertz CT molecular complexity index is 782. The lowest BCUT2D eigenvalue weighted by molar-refractivity contribution is 0.298. The van der Waals surface area contributed by atoms with Gasteiger partial charge in [0.15, 0.2) is 0 Å². The molecule has 0 radical (unpaired) electrons. The monoisotopic (exact) mass is 301 g/mol. The number of fused-ring (bicyclic) bond motifs is 1. The molecular formula is C16H16ClN3O. The van der Waals surface area contributed by atoms with E-state index in [-0.39, 0.29) is 0 Å². The van der Waals surface area contributed by atoms with E-state index in [0.717, 1.165) is 22.2 Å². The molecule has 0 aliphatic rings. The van der Waals surface area contributed by atoms with Crippen LogP contribution in [0, 0.1) is 0 Å². The molecule has 2 aromatic carbocycles. The summed E-state index contributed by atoms with van der Waals surface area (Å²) >= 11 is 6.13. The maximum absolute atomic E-state index is 6.13. The zero-order valence-electron chi connectivity index (χ0n) is 11.7. The van der Waals surface area contributed by atoms with Gasteiger partial charge in [-0.25, -0.2) is 0 Å². The molecule has 0 saturated heterocycles. The second-order valence-electron chi connectivity index (χ2n) is 4.80. The summed E-state index contributed by atoms with van der Waals surface area (Å²) in [5, 5.41) is 6.23. The number of benzene rings is 2. The number of hydrogen-bond acceptors (Lipinski definition) is 3. The van der Waals surface area contributed by atoms with Gasteiger partial charge < -0.3 is 10.5 Å². The van der Waals surface area contributed by atoms with Crippen LogP contribution in [0.5, 0.6) is 5.75 Å². The first-order chi connectivity index (χ1) is 10.2. The van der Waals surface area contributed by atoms with Crippen molar-refractivity contribution in [2.24, 2.45) is 12.8 Å². The second-order valence-corrected chi connectivity index (χ2v) is 5.20. The highest BCUT2D eigenvalue weighted by Crippen LogP contribution is 2.27. The van der Waals surface area contributed by atoms with E-state index >= 15 is 0 Å². The van der Waals surface area contributed by atoms with Crippen LogP contribution in [0.15, 0.2) is 42.5 Å². The standard InChI is InChI=1S/C16H16ClN3O/c1-20-15-7-3-2-5-11(15)14(19-20)10-21-16-8-4-6-13(17)12(16)9-18/h2-8H,9-10,18H2,1H3. The summed E-state index contributed by atoms with van der Waals surface area (Å²) in [6.07, 6.45) is 0. The molecule has 0 amide bonds. The molecule has 1 heterocycles. The van der Waals surface area contributed by atoms with E-state index in [1.165, 1.54) is 0 Å². The van der Waals surface area contributed by atoms with Crippen LogP contribution in [-0.4, -0.2) is 9.78 Å². The molecule has 0 fully saturated rings. The summed E-state index contributed by atoms with van der Waals surface area (Å²) in [4.78, 5) is 0. The SMILES string of the molecule is Cn1nc(COc2cccc(Cl)c2CN)c2ccccc21. The molecule has 2 N–H and O–H groups in total. The van der Waals surface area contributed by atoms with Crippen LogP contribution in [0.2, 0.25) is 5.02 Å². The molecule has 0 aliphatic carbocycles. The molecule has 5 heteroatoms. The van der Waals surface area contributed by atoms with Crippen LogP contribution >= 0.6 is 11.6 Å². The number of nitrogens with two attached hydrogens (primary N) is 1. The molecule has 0 unspecified atom stereocenters. The largest absolute Gasteiger partial charge is 0.487 e. The maximum atomic E-state index is 6.13. The second kappa shape index (κ2) is 5.76. The molecule has 1 aromatic heterocycles. The van der Waals surface area contributed by atoms with Crippen molar-refractivity contribution in [3.63, 3.8) is 0 Å². The van der Waals surface area contributed by atoms with Crippen molar-refractivity contribution >= 4 is 22.5 Å². The molecular weight excluding hydrogens is 286 g/mol. The van der Waals surface area contributed by atoms with E-state index in [1.54, 1.807) is 0 Å². The van der Waals surface area contributed by atoms with E-state index in [9.17, 15) is 0 Å². The first kappa shape index (κ1) is 13.9. The summed E-state index contributed by atoms with van der Waals surface area (Å²) in [5.74, 6) is 0.708. The van der Waals surface area contributed by atoms with Crippen LogP contribution in [-0.2, 0) is 20.2 Å². The Labute approximate surface area is 128 Å². The fourth-order valence-corrected chi connectivity index (χ4v) is 2.66. The van der Waals surface area contributed by atoms with Crippen molar-refractivity contribution in [2.45, 2.75) is 13.2 Å². The third-order valence-electron chi connectivity index (χ3n) is 3.48. The lowest BCUT2D eigenvalue weighted by atomic mass is 10.2. The van der Waals surface area contributed by atoms with Gasteiger partial charge in [-0.1, -0.05) is 35.9 Å². The van der Waals surface area contributed by atoms with Gasteiger partial charge in [-0.15, -0.1) is 0 Å². The minimum atomic E-state index is 0.345. The lowest BCUT2D eigenvalue weighted by Crippen LogP contribution is -2.04. The van der Waals surface area contributed by atoms with Gasteiger partial charge in [0.2, 0.25) is 0 Å². The molecule has 108 valence electrons. The highest BCUT2D eigenvalue weighted by molar-refractivity contribution is 6.31. The number of aromatic nitrogens is 2. The Morgan fingerprint density at radius 2 is 2.00 bits per heavy atom. The Hall–Kier alpha value is -2.04. The fraction of sp³-hybridized carbons (Fsp3) is 0.188. The van der Waals surface area contributed by atoms with Gasteiger partial charge >= 0.3 is 0 Å². The number of para-hydroxylation sites is 1. The van der Waals surface area contributed by atoms with Gasteiger partial charge in [0.1, 0.15) is 18.1 Å². The van der Waals surface area contributed by atoms with E-state index in [0.29, 0.717) is 23.9 Å². The molecule has 0 aliphatic heterocycles. The summed E-state index contributed by atoms with van der Waals surface area (Å²) < 4.78 is 7.73.